The largest absolute Gasteiger partial charge is 0.479 e. The van der Waals surface area contributed by atoms with Crippen molar-refractivity contribution in [1.82, 2.24) is 24.7 Å². The average molecular weight is 263 g/mol. The Bertz CT molecular complexity index is 730. The second-order valence-electron chi connectivity index (χ2n) is 3.59. The van der Waals surface area contributed by atoms with Crippen molar-refractivity contribution in [3.8, 4) is 5.88 Å². The summed E-state index contributed by atoms with van der Waals surface area (Å²) in [6, 6.07) is 1.78. The highest BCUT2D eigenvalue weighted by atomic mass is 32.1. The smallest absolute Gasteiger partial charge is 0.242 e. The number of H-pyrrole nitrogens is 1. The molecule has 8 heteroatoms. The van der Waals surface area contributed by atoms with Crippen LogP contribution in [0.5, 0.6) is 5.88 Å². The number of methoxy groups -OCH3 is 1. The highest BCUT2D eigenvalue weighted by molar-refractivity contribution is 7.71. The van der Waals surface area contributed by atoms with Crippen LogP contribution in [0.2, 0.25) is 0 Å². The van der Waals surface area contributed by atoms with Crippen molar-refractivity contribution in [2.45, 2.75) is 6.54 Å². The molecule has 0 saturated heterocycles. The van der Waals surface area contributed by atoms with Gasteiger partial charge in [-0.05, 0) is 12.2 Å². The summed E-state index contributed by atoms with van der Waals surface area (Å²) in [5.41, 5.74) is 2.12. The first kappa shape index (κ1) is 10.9. The number of aromatic amines is 1. The maximum Gasteiger partial charge on any atom is 0.242 e. The van der Waals surface area contributed by atoms with E-state index in [4.69, 9.17) is 21.5 Å². The second-order valence-corrected chi connectivity index (χ2v) is 3.98. The first-order chi connectivity index (χ1) is 8.79. The predicted molar refractivity (Wildman–Crippen MR) is 64.9 cm³/mol. The zero-order valence-electron chi connectivity index (χ0n) is 9.45. The molecule has 3 aromatic heterocycles. The third kappa shape index (κ3) is 1.66. The lowest BCUT2D eigenvalue weighted by Crippen LogP contribution is -2.01. The minimum Gasteiger partial charge on any atom is -0.479 e. The predicted octanol–water partition coefficient (Wildman–Crippen LogP) is 1.53. The molecule has 18 heavy (non-hydrogen) atoms. The highest BCUT2D eigenvalue weighted by Crippen LogP contribution is 2.20. The number of nitrogens with one attached hydrogen (secondary N) is 1. The molecule has 0 aromatic carbocycles. The van der Waals surface area contributed by atoms with Crippen LogP contribution in [0.1, 0.15) is 5.69 Å². The normalized spacial score (nSPS) is 10.9. The molecular weight excluding hydrogens is 254 g/mol. The number of fused-ring (bicyclic) bond motifs is 1. The second kappa shape index (κ2) is 4.22. The number of aromatic nitrogens is 5. The summed E-state index contributed by atoms with van der Waals surface area (Å²) in [5.74, 6) is 0.463. The summed E-state index contributed by atoms with van der Waals surface area (Å²) >= 11 is 5.26. The lowest BCUT2D eigenvalue weighted by molar-refractivity contribution is 0.401. The van der Waals surface area contributed by atoms with Gasteiger partial charge in [-0.2, -0.15) is 4.98 Å². The molecule has 0 fully saturated rings. The van der Waals surface area contributed by atoms with Gasteiger partial charge in [0, 0.05) is 6.07 Å². The minimum absolute atomic E-state index is 0.463. The molecule has 0 spiro atoms. The summed E-state index contributed by atoms with van der Waals surface area (Å²) in [6.45, 7) is 0.482. The minimum atomic E-state index is 0.463. The van der Waals surface area contributed by atoms with Gasteiger partial charge >= 0.3 is 0 Å². The Morgan fingerprint density at radius 3 is 3.11 bits per heavy atom. The van der Waals surface area contributed by atoms with Crippen LogP contribution in [0.25, 0.3) is 11.2 Å². The first-order valence-electron chi connectivity index (χ1n) is 5.16. The molecule has 92 valence electrons. The summed E-state index contributed by atoms with van der Waals surface area (Å²) in [6.07, 6.45) is 2.95. The monoisotopic (exact) mass is 263 g/mol. The SMILES string of the molecule is COc1ncnc2c1[nH]c(=S)n2Cc1ccon1. The zero-order chi connectivity index (χ0) is 12.5. The molecule has 3 rings (SSSR count). The number of ether oxygens (including phenoxy) is 1. The fraction of sp³-hybridized carbons (Fsp3) is 0.200. The van der Waals surface area contributed by atoms with Crippen LogP contribution in [0.4, 0.5) is 0 Å². The Balaban J connectivity index is 2.17. The average Bonchev–Trinajstić information content (AvgIpc) is 2.99. The van der Waals surface area contributed by atoms with Gasteiger partial charge in [-0.25, -0.2) is 4.98 Å². The van der Waals surface area contributed by atoms with Gasteiger partial charge in [0.25, 0.3) is 0 Å². The molecule has 0 aliphatic carbocycles. The lowest BCUT2D eigenvalue weighted by Gasteiger charge is -2.01. The number of rotatable bonds is 3. The van der Waals surface area contributed by atoms with E-state index < -0.39 is 0 Å². The van der Waals surface area contributed by atoms with E-state index in [0.29, 0.717) is 28.4 Å². The molecule has 0 radical (unpaired) electrons. The van der Waals surface area contributed by atoms with Gasteiger partial charge in [-0.3, -0.25) is 4.57 Å². The van der Waals surface area contributed by atoms with Crippen molar-refractivity contribution < 1.29 is 9.26 Å². The summed E-state index contributed by atoms with van der Waals surface area (Å²) in [5, 5.41) is 3.85. The topological polar surface area (TPSA) is 81.8 Å². The summed E-state index contributed by atoms with van der Waals surface area (Å²) in [4.78, 5) is 11.3. The van der Waals surface area contributed by atoms with Crippen molar-refractivity contribution in [3.05, 3.63) is 29.1 Å². The Labute approximate surface area is 106 Å². The molecule has 0 aliphatic heterocycles. The highest BCUT2D eigenvalue weighted by Gasteiger charge is 2.12. The molecule has 7 nitrogen and oxygen atoms in total. The Hall–Kier alpha value is -2.22. The van der Waals surface area contributed by atoms with Gasteiger partial charge in [-0.1, -0.05) is 5.16 Å². The van der Waals surface area contributed by atoms with E-state index in [-0.39, 0.29) is 0 Å². The van der Waals surface area contributed by atoms with Crippen molar-refractivity contribution >= 4 is 23.4 Å². The Morgan fingerprint density at radius 2 is 2.39 bits per heavy atom. The zero-order valence-corrected chi connectivity index (χ0v) is 10.3. The van der Waals surface area contributed by atoms with Crippen LogP contribution >= 0.6 is 12.2 Å². The molecule has 0 aliphatic rings. The van der Waals surface area contributed by atoms with Crippen LogP contribution in [0.15, 0.2) is 23.2 Å². The fourth-order valence-corrected chi connectivity index (χ4v) is 1.98. The first-order valence-corrected chi connectivity index (χ1v) is 5.57. The van der Waals surface area contributed by atoms with E-state index >= 15 is 0 Å². The molecule has 0 unspecified atom stereocenters. The van der Waals surface area contributed by atoms with Crippen molar-refractivity contribution in [3.63, 3.8) is 0 Å². The van der Waals surface area contributed by atoms with Gasteiger partial charge < -0.3 is 14.2 Å². The van der Waals surface area contributed by atoms with E-state index in [9.17, 15) is 0 Å². The third-order valence-corrected chi connectivity index (χ3v) is 2.85. The van der Waals surface area contributed by atoms with Gasteiger partial charge in [-0.15, -0.1) is 0 Å². The fourth-order valence-electron chi connectivity index (χ4n) is 1.73. The van der Waals surface area contributed by atoms with E-state index in [0.717, 1.165) is 5.69 Å². The number of hydrogen-bond acceptors (Lipinski definition) is 6. The van der Waals surface area contributed by atoms with Crippen LogP contribution in [0.3, 0.4) is 0 Å². The van der Waals surface area contributed by atoms with Crippen LogP contribution < -0.4 is 4.74 Å². The van der Waals surface area contributed by atoms with Crippen molar-refractivity contribution in [2.75, 3.05) is 7.11 Å². The molecule has 3 heterocycles. The summed E-state index contributed by atoms with van der Waals surface area (Å²) in [7, 11) is 1.55. The van der Waals surface area contributed by atoms with Crippen LogP contribution in [-0.4, -0.2) is 31.8 Å². The van der Waals surface area contributed by atoms with Crippen LogP contribution in [0, 0.1) is 4.77 Å². The molecular formula is C10H9N5O2S. The third-order valence-electron chi connectivity index (χ3n) is 2.53. The summed E-state index contributed by atoms with van der Waals surface area (Å²) < 4.78 is 12.3. The quantitative estimate of drug-likeness (QED) is 0.722. The van der Waals surface area contributed by atoms with Gasteiger partial charge in [0.1, 0.15) is 23.8 Å². The molecule has 1 N–H and O–H groups in total. The van der Waals surface area contributed by atoms with Crippen LogP contribution in [-0.2, 0) is 6.54 Å². The Morgan fingerprint density at radius 1 is 1.50 bits per heavy atom. The van der Waals surface area contributed by atoms with E-state index in [1.54, 1.807) is 13.2 Å². The van der Waals surface area contributed by atoms with Gasteiger partial charge in [0.15, 0.2) is 10.4 Å². The Kier molecular flexibility index (Phi) is 2.56. The van der Waals surface area contributed by atoms with Gasteiger partial charge in [0.05, 0.1) is 13.7 Å². The molecule has 3 aromatic rings. The van der Waals surface area contributed by atoms with E-state index in [2.05, 4.69) is 20.1 Å². The standard InChI is InChI=1S/C10H9N5O2S/c1-16-9-7-8(11-5-12-9)15(10(18)13-7)4-6-2-3-17-14-6/h2-3,5H,4H2,1H3,(H,13,18). The number of hydrogen-bond donors (Lipinski definition) is 1. The number of imidazole rings is 1. The number of nitrogens with zero attached hydrogens (tertiary/aromatic N) is 4. The molecule has 0 bridgehead atoms. The van der Waals surface area contributed by atoms with E-state index in [1.165, 1.54) is 12.6 Å². The van der Waals surface area contributed by atoms with Crippen molar-refractivity contribution in [1.29, 1.82) is 0 Å². The van der Waals surface area contributed by atoms with Crippen molar-refractivity contribution in [2.24, 2.45) is 0 Å². The maximum atomic E-state index is 5.26. The van der Waals surface area contributed by atoms with Gasteiger partial charge in [0.2, 0.25) is 5.88 Å². The maximum absolute atomic E-state index is 5.26. The molecule has 0 amide bonds. The lowest BCUT2D eigenvalue weighted by atomic mass is 10.4. The molecule has 0 atom stereocenters. The molecule has 0 saturated carbocycles. The van der Waals surface area contributed by atoms with E-state index in [1.807, 2.05) is 4.57 Å².